The van der Waals surface area contributed by atoms with Crippen LogP contribution in [0.3, 0.4) is 0 Å². The minimum absolute atomic E-state index is 0.0785. The lowest BCUT2D eigenvalue weighted by Gasteiger charge is -2.44. The third kappa shape index (κ3) is 4.03. The summed E-state index contributed by atoms with van der Waals surface area (Å²) in [5, 5.41) is 3.58. The molecular weight excluding hydrogens is 305 g/mol. The third-order valence-corrected chi connectivity index (χ3v) is 4.47. The number of nitrogens with one attached hydrogen (secondary N) is 1. The van der Waals surface area contributed by atoms with Gasteiger partial charge in [0.1, 0.15) is 5.82 Å². The molecule has 0 radical (unpaired) electrons. The summed E-state index contributed by atoms with van der Waals surface area (Å²) in [5.74, 6) is -0.0785. The van der Waals surface area contributed by atoms with E-state index in [1.807, 2.05) is 6.07 Å². The predicted molar refractivity (Wildman–Crippen MR) is 81.8 cm³/mol. The van der Waals surface area contributed by atoms with Gasteiger partial charge in [0.2, 0.25) is 0 Å². The lowest BCUT2D eigenvalue weighted by molar-refractivity contribution is 0.117. The van der Waals surface area contributed by atoms with E-state index in [1.165, 1.54) is 19.3 Å². The van der Waals surface area contributed by atoms with Crippen molar-refractivity contribution >= 4 is 15.9 Å². The standard InChI is InChI=1S/C16H23BrFN/c1-15(2,3)19-11-16(7-4-8-16)10-12-9-13(17)5-6-14(12)18/h5-6,9,19H,4,7-8,10-11H2,1-3H3. The molecule has 1 aliphatic carbocycles. The molecule has 0 unspecified atom stereocenters. The van der Waals surface area contributed by atoms with E-state index in [1.54, 1.807) is 12.1 Å². The molecule has 2 rings (SSSR count). The Labute approximate surface area is 124 Å². The molecular formula is C16H23BrFN. The Kier molecular flexibility index (Phi) is 4.36. The molecule has 0 atom stereocenters. The second-order valence-electron chi connectivity index (χ2n) is 6.87. The summed E-state index contributed by atoms with van der Waals surface area (Å²) >= 11 is 3.43. The molecule has 0 aliphatic heterocycles. The molecule has 1 aromatic rings. The van der Waals surface area contributed by atoms with Gasteiger partial charge in [0, 0.05) is 16.6 Å². The molecule has 1 N–H and O–H groups in total. The molecule has 1 aromatic carbocycles. The van der Waals surface area contributed by atoms with Crippen LogP contribution in [0, 0.1) is 11.2 Å². The summed E-state index contributed by atoms with van der Waals surface area (Å²) in [7, 11) is 0. The summed E-state index contributed by atoms with van der Waals surface area (Å²) in [6.07, 6.45) is 4.49. The molecule has 0 heterocycles. The van der Waals surface area contributed by atoms with Crippen LogP contribution in [0.25, 0.3) is 0 Å². The fourth-order valence-corrected chi connectivity index (χ4v) is 3.04. The van der Waals surface area contributed by atoms with Crippen molar-refractivity contribution in [1.82, 2.24) is 5.32 Å². The monoisotopic (exact) mass is 327 g/mol. The number of halogens is 2. The molecule has 1 nitrogen and oxygen atoms in total. The average Bonchev–Trinajstić information content (AvgIpc) is 2.25. The van der Waals surface area contributed by atoms with E-state index in [0.29, 0.717) is 0 Å². The second-order valence-corrected chi connectivity index (χ2v) is 7.79. The fraction of sp³-hybridized carbons (Fsp3) is 0.625. The van der Waals surface area contributed by atoms with Crippen molar-refractivity contribution in [3.05, 3.63) is 34.1 Å². The molecule has 106 valence electrons. The van der Waals surface area contributed by atoms with Crippen molar-refractivity contribution < 1.29 is 4.39 Å². The van der Waals surface area contributed by atoms with Gasteiger partial charge in [0.15, 0.2) is 0 Å². The number of hydrogen-bond acceptors (Lipinski definition) is 1. The highest BCUT2D eigenvalue weighted by molar-refractivity contribution is 9.10. The first kappa shape index (κ1) is 15.0. The van der Waals surface area contributed by atoms with E-state index >= 15 is 0 Å². The summed E-state index contributed by atoms with van der Waals surface area (Å²) in [6, 6.07) is 5.25. The topological polar surface area (TPSA) is 12.0 Å². The van der Waals surface area contributed by atoms with E-state index < -0.39 is 0 Å². The van der Waals surface area contributed by atoms with Gasteiger partial charge in [0.05, 0.1) is 0 Å². The highest BCUT2D eigenvalue weighted by Crippen LogP contribution is 2.44. The van der Waals surface area contributed by atoms with Crippen molar-refractivity contribution in [2.75, 3.05) is 6.54 Å². The van der Waals surface area contributed by atoms with Crippen molar-refractivity contribution in [3.63, 3.8) is 0 Å². The Morgan fingerprint density at radius 1 is 1.32 bits per heavy atom. The van der Waals surface area contributed by atoms with Crippen LogP contribution in [0.2, 0.25) is 0 Å². The first-order valence-electron chi connectivity index (χ1n) is 6.99. The minimum Gasteiger partial charge on any atom is -0.312 e. The molecule has 0 bridgehead atoms. The highest BCUT2D eigenvalue weighted by Gasteiger charge is 2.38. The maximum Gasteiger partial charge on any atom is 0.126 e. The molecule has 0 spiro atoms. The molecule has 0 aromatic heterocycles. The van der Waals surface area contributed by atoms with Gasteiger partial charge in [-0.2, -0.15) is 0 Å². The molecule has 1 fully saturated rings. The highest BCUT2D eigenvalue weighted by atomic mass is 79.9. The second kappa shape index (κ2) is 5.53. The molecule has 1 saturated carbocycles. The van der Waals surface area contributed by atoms with Gasteiger partial charge >= 0.3 is 0 Å². The maximum atomic E-state index is 13.9. The van der Waals surface area contributed by atoms with Gasteiger partial charge in [-0.05, 0) is 69.2 Å². The average molecular weight is 328 g/mol. The van der Waals surface area contributed by atoms with Crippen molar-refractivity contribution in [2.24, 2.45) is 5.41 Å². The van der Waals surface area contributed by atoms with Crippen LogP contribution in [-0.2, 0) is 6.42 Å². The Morgan fingerprint density at radius 3 is 2.53 bits per heavy atom. The van der Waals surface area contributed by atoms with Gasteiger partial charge in [-0.25, -0.2) is 4.39 Å². The lowest BCUT2D eigenvalue weighted by Crippen LogP contribution is -2.48. The van der Waals surface area contributed by atoms with Gasteiger partial charge in [-0.3, -0.25) is 0 Å². The smallest absolute Gasteiger partial charge is 0.126 e. The van der Waals surface area contributed by atoms with Crippen molar-refractivity contribution in [3.8, 4) is 0 Å². The normalized spacial score (nSPS) is 18.2. The number of benzene rings is 1. The van der Waals surface area contributed by atoms with Gasteiger partial charge in [0.25, 0.3) is 0 Å². The van der Waals surface area contributed by atoms with E-state index in [4.69, 9.17) is 0 Å². The molecule has 0 amide bonds. The summed E-state index contributed by atoms with van der Waals surface area (Å²) in [4.78, 5) is 0. The fourth-order valence-electron chi connectivity index (χ4n) is 2.63. The predicted octanol–water partition coefficient (Wildman–Crippen LogP) is 4.69. The van der Waals surface area contributed by atoms with Crippen LogP contribution < -0.4 is 5.32 Å². The summed E-state index contributed by atoms with van der Waals surface area (Å²) in [6.45, 7) is 7.51. The zero-order valence-corrected chi connectivity index (χ0v) is 13.6. The van der Waals surface area contributed by atoms with Gasteiger partial charge < -0.3 is 5.32 Å². The van der Waals surface area contributed by atoms with Crippen LogP contribution in [0.1, 0.15) is 45.6 Å². The third-order valence-electron chi connectivity index (χ3n) is 3.98. The van der Waals surface area contributed by atoms with E-state index in [-0.39, 0.29) is 16.8 Å². The van der Waals surface area contributed by atoms with Crippen LogP contribution in [0.4, 0.5) is 4.39 Å². The minimum atomic E-state index is -0.0785. The molecule has 1 aliphatic rings. The van der Waals surface area contributed by atoms with Crippen LogP contribution in [0.5, 0.6) is 0 Å². The molecule has 3 heteroatoms. The Morgan fingerprint density at radius 2 is 2.00 bits per heavy atom. The zero-order valence-electron chi connectivity index (χ0n) is 12.0. The quantitative estimate of drug-likeness (QED) is 0.845. The lowest BCUT2D eigenvalue weighted by atomic mass is 9.65. The van der Waals surface area contributed by atoms with Crippen LogP contribution >= 0.6 is 15.9 Å². The van der Waals surface area contributed by atoms with Crippen LogP contribution in [-0.4, -0.2) is 12.1 Å². The van der Waals surface area contributed by atoms with E-state index in [2.05, 4.69) is 42.0 Å². The van der Waals surface area contributed by atoms with Gasteiger partial charge in [-0.1, -0.05) is 22.4 Å². The Balaban J connectivity index is 2.08. The SMILES string of the molecule is CC(C)(C)NCC1(Cc2cc(Br)ccc2F)CCC1. The number of hydrogen-bond donors (Lipinski definition) is 1. The molecule has 19 heavy (non-hydrogen) atoms. The Hall–Kier alpha value is -0.410. The van der Waals surface area contributed by atoms with E-state index in [0.717, 1.165) is 23.0 Å². The molecule has 0 saturated heterocycles. The first-order valence-corrected chi connectivity index (χ1v) is 7.78. The largest absolute Gasteiger partial charge is 0.312 e. The van der Waals surface area contributed by atoms with E-state index in [9.17, 15) is 4.39 Å². The maximum absolute atomic E-state index is 13.9. The van der Waals surface area contributed by atoms with Crippen molar-refractivity contribution in [2.45, 2.75) is 52.0 Å². The first-order chi connectivity index (χ1) is 8.80. The number of rotatable bonds is 4. The zero-order chi connectivity index (χ0) is 14.1. The summed E-state index contributed by atoms with van der Waals surface area (Å²) < 4.78 is 14.9. The van der Waals surface area contributed by atoms with Crippen LogP contribution in [0.15, 0.2) is 22.7 Å². The van der Waals surface area contributed by atoms with Crippen molar-refractivity contribution in [1.29, 1.82) is 0 Å². The van der Waals surface area contributed by atoms with Gasteiger partial charge in [-0.15, -0.1) is 0 Å². The summed E-state index contributed by atoms with van der Waals surface area (Å²) in [5.41, 5.74) is 1.21. The Bertz CT molecular complexity index is 447.